The van der Waals surface area contributed by atoms with Crippen LogP contribution in [0, 0.1) is 5.92 Å². The molecule has 0 saturated heterocycles. The Hall–Kier alpha value is -1.10. The van der Waals surface area contributed by atoms with Gasteiger partial charge in [0.2, 0.25) is 0 Å². The van der Waals surface area contributed by atoms with Gasteiger partial charge in [0.15, 0.2) is 5.13 Å². The fourth-order valence-electron chi connectivity index (χ4n) is 2.48. The molecule has 0 aromatic carbocycles. The van der Waals surface area contributed by atoms with Crippen molar-refractivity contribution in [1.82, 2.24) is 4.98 Å². The molecule has 4 nitrogen and oxygen atoms in total. The standard InChI is InChI=1S/C14H22N2O2S/c1-10-4-3-5-11(7-6-10)15-14-16-12(9-19-14)8-13(17)18-2/h9-11H,3-8H2,1-2H3,(H,15,16). The van der Waals surface area contributed by atoms with Gasteiger partial charge >= 0.3 is 5.97 Å². The van der Waals surface area contributed by atoms with Gasteiger partial charge in [-0.3, -0.25) is 4.79 Å². The molecule has 0 radical (unpaired) electrons. The largest absolute Gasteiger partial charge is 0.469 e. The van der Waals surface area contributed by atoms with Crippen LogP contribution in [0.2, 0.25) is 0 Å². The first-order valence-electron chi connectivity index (χ1n) is 6.95. The Morgan fingerprint density at radius 1 is 1.47 bits per heavy atom. The van der Waals surface area contributed by atoms with E-state index in [1.54, 1.807) is 11.3 Å². The number of nitrogens with zero attached hydrogens (tertiary/aromatic N) is 1. The lowest BCUT2D eigenvalue weighted by molar-refractivity contribution is -0.139. The van der Waals surface area contributed by atoms with Crippen molar-refractivity contribution in [3.05, 3.63) is 11.1 Å². The summed E-state index contributed by atoms with van der Waals surface area (Å²) in [5.74, 6) is 0.609. The molecule has 1 N–H and O–H groups in total. The van der Waals surface area contributed by atoms with E-state index in [0.717, 1.165) is 16.7 Å². The average molecular weight is 282 g/mol. The van der Waals surface area contributed by atoms with Crippen LogP contribution in [0.1, 0.15) is 44.7 Å². The number of thiazole rings is 1. The highest BCUT2D eigenvalue weighted by Crippen LogP contribution is 2.26. The van der Waals surface area contributed by atoms with E-state index in [9.17, 15) is 4.79 Å². The number of esters is 1. The average Bonchev–Trinajstić information content (AvgIpc) is 2.72. The maximum atomic E-state index is 11.2. The first-order chi connectivity index (χ1) is 9.17. The number of aromatic nitrogens is 1. The highest BCUT2D eigenvalue weighted by atomic mass is 32.1. The second-order valence-electron chi connectivity index (χ2n) is 5.35. The van der Waals surface area contributed by atoms with Gasteiger partial charge in [0.25, 0.3) is 0 Å². The van der Waals surface area contributed by atoms with Gasteiger partial charge < -0.3 is 10.1 Å². The van der Waals surface area contributed by atoms with Gasteiger partial charge in [0.05, 0.1) is 19.2 Å². The summed E-state index contributed by atoms with van der Waals surface area (Å²) in [7, 11) is 1.40. The Balaban J connectivity index is 1.87. The van der Waals surface area contributed by atoms with E-state index in [0.29, 0.717) is 6.04 Å². The van der Waals surface area contributed by atoms with Crippen LogP contribution in [0.5, 0.6) is 0 Å². The zero-order valence-corrected chi connectivity index (χ0v) is 12.5. The van der Waals surface area contributed by atoms with Crippen molar-refractivity contribution in [2.75, 3.05) is 12.4 Å². The van der Waals surface area contributed by atoms with Gasteiger partial charge in [-0.05, 0) is 25.2 Å². The van der Waals surface area contributed by atoms with Crippen LogP contribution >= 0.6 is 11.3 Å². The number of anilines is 1. The second-order valence-corrected chi connectivity index (χ2v) is 6.21. The molecule has 1 aliphatic rings. The van der Waals surface area contributed by atoms with Gasteiger partial charge in [-0.1, -0.05) is 19.8 Å². The monoisotopic (exact) mass is 282 g/mol. The highest BCUT2D eigenvalue weighted by molar-refractivity contribution is 7.13. The van der Waals surface area contributed by atoms with Crippen LogP contribution in [-0.4, -0.2) is 24.1 Å². The van der Waals surface area contributed by atoms with Gasteiger partial charge in [0.1, 0.15) is 0 Å². The van der Waals surface area contributed by atoms with Crippen LogP contribution in [0.25, 0.3) is 0 Å². The predicted molar refractivity (Wildman–Crippen MR) is 77.5 cm³/mol. The summed E-state index contributed by atoms with van der Waals surface area (Å²) in [6.07, 6.45) is 6.61. The van der Waals surface area contributed by atoms with E-state index in [-0.39, 0.29) is 12.4 Å². The summed E-state index contributed by atoms with van der Waals surface area (Å²) >= 11 is 1.57. The Labute approximate surface area is 118 Å². The van der Waals surface area contributed by atoms with E-state index < -0.39 is 0 Å². The molecule has 2 rings (SSSR count). The number of nitrogens with one attached hydrogen (secondary N) is 1. The van der Waals surface area contributed by atoms with Crippen molar-refractivity contribution in [3.8, 4) is 0 Å². The molecule has 1 aliphatic carbocycles. The maximum Gasteiger partial charge on any atom is 0.311 e. The normalized spacial score (nSPS) is 23.7. The van der Waals surface area contributed by atoms with Crippen LogP contribution in [0.4, 0.5) is 5.13 Å². The van der Waals surface area contributed by atoms with Crippen molar-refractivity contribution >= 4 is 22.4 Å². The van der Waals surface area contributed by atoms with Gasteiger partial charge in [-0.2, -0.15) is 0 Å². The van der Waals surface area contributed by atoms with Crippen molar-refractivity contribution in [2.45, 2.75) is 51.5 Å². The van der Waals surface area contributed by atoms with Crippen LogP contribution < -0.4 is 5.32 Å². The van der Waals surface area contributed by atoms with Crippen molar-refractivity contribution in [1.29, 1.82) is 0 Å². The number of carbonyl (C=O) groups is 1. The molecule has 106 valence electrons. The summed E-state index contributed by atoms with van der Waals surface area (Å²) in [5.41, 5.74) is 0.793. The molecule has 0 aliphatic heterocycles. The first kappa shape index (κ1) is 14.3. The fourth-order valence-corrected chi connectivity index (χ4v) is 3.27. The minimum atomic E-state index is -0.236. The molecule has 0 bridgehead atoms. The number of methoxy groups -OCH3 is 1. The predicted octanol–water partition coefficient (Wildman–Crippen LogP) is 3.24. The third-order valence-electron chi connectivity index (χ3n) is 3.69. The molecule has 1 fully saturated rings. The quantitative estimate of drug-likeness (QED) is 0.680. The Morgan fingerprint density at radius 2 is 2.32 bits per heavy atom. The van der Waals surface area contributed by atoms with E-state index in [1.165, 1.54) is 39.2 Å². The lowest BCUT2D eigenvalue weighted by Gasteiger charge is -2.15. The number of carbonyl (C=O) groups excluding carboxylic acids is 1. The summed E-state index contributed by atoms with van der Waals surface area (Å²) in [4.78, 5) is 15.6. The molecular weight excluding hydrogens is 260 g/mol. The van der Waals surface area contributed by atoms with Gasteiger partial charge in [-0.25, -0.2) is 4.98 Å². The summed E-state index contributed by atoms with van der Waals surface area (Å²) in [5, 5.41) is 6.37. The summed E-state index contributed by atoms with van der Waals surface area (Å²) < 4.78 is 4.65. The molecule has 0 spiro atoms. The van der Waals surface area contributed by atoms with Gasteiger partial charge in [-0.15, -0.1) is 11.3 Å². The number of hydrogen-bond donors (Lipinski definition) is 1. The maximum absolute atomic E-state index is 11.2. The van der Waals surface area contributed by atoms with Crippen molar-refractivity contribution < 1.29 is 9.53 Å². The fraction of sp³-hybridized carbons (Fsp3) is 0.714. The SMILES string of the molecule is COC(=O)Cc1csc(NC2CCCC(C)CC2)n1. The third kappa shape index (κ3) is 4.49. The van der Waals surface area contributed by atoms with Gasteiger partial charge in [0, 0.05) is 11.4 Å². The van der Waals surface area contributed by atoms with Crippen LogP contribution in [-0.2, 0) is 16.0 Å². The molecule has 2 unspecified atom stereocenters. The molecule has 1 aromatic rings. The molecule has 1 heterocycles. The third-order valence-corrected chi connectivity index (χ3v) is 4.51. The zero-order valence-electron chi connectivity index (χ0n) is 11.6. The lowest BCUT2D eigenvalue weighted by atomic mass is 10.0. The Kier molecular flexibility index (Phi) is 5.19. The van der Waals surface area contributed by atoms with E-state index >= 15 is 0 Å². The number of rotatable bonds is 4. The zero-order chi connectivity index (χ0) is 13.7. The summed E-state index contributed by atoms with van der Waals surface area (Å²) in [6.45, 7) is 2.33. The summed E-state index contributed by atoms with van der Waals surface area (Å²) in [6, 6.07) is 0.530. The van der Waals surface area contributed by atoms with Crippen molar-refractivity contribution in [2.24, 2.45) is 5.92 Å². The molecule has 1 saturated carbocycles. The lowest BCUT2D eigenvalue weighted by Crippen LogP contribution is -2.18. The molecule has 5 heteroatoms. The smallest absolute Gasteiger partial charge is 0.311 e. The first-order valence-corrected chi connectivity index (χ1v) is 7.83. The topological polar surface area (TPSA) is 51.2 Å². The van der Waals surface area contributed by atoms with E-state index in [1.807, 2.05) is 5.38 Å². The van der Waals surface area contributed by atoms with E-state index in [4.69, 9.17) is 0 Å². The van der Waals surface area contributed by atoms with E-state index in [2.05, 4.69) is 22.0 Å². The second kappa shape index (κ2) is 6.89. The Bertz CT molecular complexity index is 419. The molecule has 19 heavy (non-hydrogen) atoms. The molecular formula is C14H22N2O2S. The highest BCUT2D eigenvalue weighted by Gasteiger charge is 2.17. The van der Waals surface area contributed by atoms with Crippen molar-refractivity contribution in [3.63, 3.8) is 0 Å². The minimum absolute atomic E-state index is 0.236. The molecule has 1 aromatic heterocycles. The number of ether oxygens (including phenoxy) is 1. The molecule has 0 amide bonds. The minimum Gasteiger partial charge on any atom is -0.469 e. The number of hydrogen-bond acceptors (Lipinski definition) is 5. The van der Waals surface area contributed by atoms with Crippen LogP contribution in [0.15, 0.2) is 5.38 Å². The van der Waals surface area contributed by atoms with Crippen LogP contribution in [0.3, 0.4) is 0 Å². The Morgan fingerprint density at radius 3 is 3.11 bits per heavy atom. The molecule has 2 atom stereocenters.